The van der Waals surface area contributed by atoms with Crippen LogP contribution in [0.4, 0.5) is 17.6 Å². The first-order valence-corrected chi connectivity index (χ1v) is 8.27. The quantitative estimate of drug-likeness (QED) is 0.694. The number of amides is 2. The number of nitrogens with one attached hydrogen (secondary N) is 1. The van der Waals surface area contributed by atoms with E-state index in [2.05, 4.69) is 10.1 Å². The van der Waals surface area contributed by atoms with Crippen molar-refractivity contribution < 1.29 is 31.9 Å². The molecular weight excluding hydrogens is 380 g/mol. The number of nitrogens with zero attached hydrogens (tertiary/aromatic N) is 1. The molecule has 0 aromatic heterocycles. The molecular formula is C19H18F4N2O3. The Morgan fingerprint density at radius 1 is 1.11 bits per heavy atom. The predicted octanol–water partition coefficient (Wildman–Crippen LogP) is 3.34. The number of benzene rings is 2. The third-order valence-electron chi connectivity index (χ3n) is 3.79. The summed E-state index contributed by atoms with van der Waals surface area (Å²) >= 11 is 0. The molecule has 2 aromatic rings. The van der Waals surface area contributed by atoms with E-state index < -0.39 is 24.2 Å². The monoisotopic (exact) mass is 398 g/mol. The van der Waals surface area contributed by atoms with E-state index in [4.69, 9.17) is 0 Å². The van der Waals surface area contributed by atoms with Gasteiger partial charge in [0.1, 0.15) is 17.4 Å². The molecule has 0 heterocycles. The highest BCUT2D eigenvalue weighted by atomic mass is 19.3. The molecule has 2 rings (SSSR count). The van der Waals surface area contributed by atoms with E-state index in [1.165, 1.54) is 17.0 Å². The minimum atomic E-state index is -2.91. The molecule has 9 heteroatoms. The Hall–Kier alpha value is -3.10. The lowest BCUT2D eigenvalue weighted by molar-refractivity contribution is -0.130. The molecule has 0 aliphatic carbocycles. The van der Waals surface area contributed by atoms with Gasteiger partial charge in [-0.25, -0.2) is 8.78 Å². The van der Waals surface area contributed by atoms with Crippen LogP contribution in [0.25, 0.3) is 0 Å². The van der Waals surface area contributed by atoms with Crippen molar-refractivity contribution in [2.24, 2.45) is 0 Å². The zero-order chi connectivity index (χ0) is 20.7. The number of hydrogen-bond acceptors (Lipinski definition) is 3. The van der Waals surface area contributed by atoms with Crippen molar-refractivity contribution in [3.05, 3.63) is 65.2 Å². The summed E-state index contributed by atoms with van der Waals surface area (Å²) < 4.78 is 54.9. The second-order valence-electron chi connectivity index (χ2n) is 5.90. The van der Waals surface area contributed by atoms with Gasteiger partial charge in [-0.1, -0.05) is 12.1 Å². The summed E-state index contributed by atoms with van der Waals surface area (Å²) in [5.41, 5.74) is 0.392. The standard InChI is InChI=1S/C19H18F4N2O3/c1-25(11-12-2-5-14(6-3-12)28-19(22)23)17(26)8-9-24-18(27)15-7-4-13(20)10-16(15)21/h2-7,10,19H,8-9,11H2,1H3,(H,24,27). The maximum atomic E-state index is 13.5. The van der Waals surface area contributed by atoms with Gasteiger partial charge in [-0.05, 0) is 29.8 Å². The van der Waals surface area contributed by atoms with Crippen molar-refractivity contribution in [1.82, 2.24) is 10.2 Å². The molecule has 0 aliphatic rings. The zero-order valence-corrected chi connectivity index (χ0v) is 14.9. The largest absolute Gasteiger partial charge is 0.435 e. The molecule has 0 spiro atoms. The molecule has 0 unspecified atom stereocenters. The summed E-state index contributed by atoms with van der Waals surface area (Å²) in [4.78, 5) is 25.4. The van der Waals surface area contributed by atoms with Gasteiger partial charge >= 0.3 is 6.61 Å². The van der Waals surface area contributed by atoms with E-state index in [0.29, 0.717) is 11.6 Å². The van der Waals surface area contributed by atoms with Crippen LogP contribution >= 0.6 is 0 Å². The van der Waals surface area contributed by atoms with Gasteiger partial charge in [0.25, 0.3) is 5.91 Å². The first kappa shape index (κ1) is 21.2. The highest BCUT2D eigenvalue weighted by molar-refractivity contribution is 5.94. The average molecular weight is 398 g/mol. The zero-order valence-electron chi connectivity index (χ0n) is 14.9. The van der Waals surface area contributed by atoms with E-state index in [1.54, 1.807) is 19.2 Å². The average Bonchev–Trinajstić information content (AvgIpc) is 2.62. The van der Waals surface area contributed by atoms with Crippen LogP contribution in [0.3, 0.4) is 0 Å². The molecule has 0 radical (unpaired) electrons. The number of ether oxygens (including phenoxy) is 1. The summed E-state index contributed by atoms with van der Waals surface area (Å²) in [5, 5.41) is 2.40. The van der Waals surface area contributed by atoms with Crippen molar-refractivity contribution >= 4 is 11.8 Å². The summed E-state index contributed by atoms with van der Waals surface area (Å²) in [5.74, 6) is -2.79. The fourth-order valence-electron chi connectivity index (χ4n) is 2.38. The van der Waals surface area contributed by atoms with E-state index in [9.17, 15) is 27.2 Å². The molecule has 28 heavy (non-hydrogen) atoms. The molecule has 0 aliphatic heterocycles. The van der Waals surface area contributed by atoms with Crippen molar-refractivity contribution in [3.8, 4) is 5.75 Å². The van der Waals surface area contributed by atoms with E-state index in [1.807, 2.05) is 0 Å². The molecule has 2 aromatic carbocycles. The van der Waals surface area contributed by atoms with Gasteiger partial charge in [0.05, 0.1) is 5.56 Å². The second kappa shape index (κ2) is 9.72. The molecule has 0 saturated heterocycles. The molecule has 0 atom stereocenters. The van der Waals surface area contributed by atoms with Crippen LogP contribution in [0.1, 0.15) is 22.3 Å². The van der Waals surface area contributed by atoms with Crippen LogP contribution in [0, 0.1) is 11.6 Å². The maximum absolute atomic E-state index is 13.5. The summed E-state index contributed by atoms with van der Waals surface area (Å²) in [6.45, 7) is -2.71. The molecule has 2 amide bonds. The maximum Gasteiger partial charge on any atom is 0.387 e. The molecule has 0 bridgehead atoms. The smallest absolute Gasteiger partial charge is 0.387 e. The summed E-state index contributed by atoms with van der Waals surface area (Å²) in [7, 11) is 1.55. The Bertz CT molecular complexity index is 828. The van der Waals surface area contributed by atoms with Crippen LogP contribution in [-0.4, -0.2) is 36.9 Å². The lowest BCUT2D eigenvalue weighted by Gasteiger charge is -2.18. The number of halogens is 4. The number of hydrogen-bond donors (Lipinski definition) is 1. The van der Waals surface area contributed by atoms with Gasteiger partial charge in [0.2, 0.25) is 5.91 Å². The number of carbonyl (C=O) groups excluding carboxylic acids is 2. The van der Waals surface area contributed by atoms with Gasteiger partial charge in [0.15, 0.2) is 0 Å². The Kier molecular flexibility index (Phi) is 7.36. The van der Waals surface area contributed by atoms with Crippen molar-refractivity contribution in [2.45, 2.75) is 19.6 Å². The third kappa shape index (κ3) is 6.26. The first-order chi connectivity index (χ1) is 13.3. The van der Waals surface area contributed by atoms with Crippen molar-refractivity contribution in [1.29, 1.82) is 0 Å². The fraction of sp³-hybridized carbons (Fsp3) is 0.263. The topological polar surface area (TPSA) is 58.6 Å². The van der Waals surface area contributed by atoms with Gasteiger partial charge in [-0.3, -0.25) is 9.59 Å². The van der Waals surface area contributed by atoms with Gasteiger partial charge < -0.3 is 15.0 Å². The summed E-state index contributed by atoms with van der Waals surface area (Å²) in [6, 6.07) is 8.45. The van der Waals surface area contributed by atoms with Crippen LogP contribution in [-0.2, 0) is 11.3 Å². The SMILES string of the molecule is CN(Cc1ccc(OC(F)F)cc1)C(=O)CCNC(=O)c1ccc(F)cc1F. The Morgan fingerprint density at radius 3 is 2.39 bits per heavy atom. The summed E-state index contributed by atoms with van der Waals surface area (Å²) in [6.07, 6.45) is -0.0301. The Labute approximate surface area is 158 Å². The van der Waals surface area contributed by atoms with E-state index >= 15 is 0 Å². The van der Waals surface area contributed by atoms with Gasteiger partial charge in [-0.15, -0.1) is 0 Å². The van der Waals surface area contributed by atoms with Crippen LogP contribution in [0.15, 0.2) is 42.5 Å². The molecule has 1 N–H and O–H groups in total. The third-order valence-corrected chi connectivity index (χ3v) is 3.79. The lowest BCUT2D eigenvalue weighted by atomic mass is 10.2. The van der Waals surface area contributed by atoms with Crippen molar-refractivity contribution in [3.63, 3.8) is 0 Å². The number of alkyl halides is 2. The van der Waals surface area contributed by atoms with Crippen LogP contribution in [0.5, 0.6) is 5.75 Å². The van der Waals surface area contributed by atoms with Crippen LogP contribution < -0.4 is 10.1 Å². The van der Waals surface area contributed by atoms with Gasteiger partial charge in [0, 0.05) is 32.6 Å². The Balaban J connectivity index is 1.79. The van der Waals surface area contributed by atoms with Crippen molar-refractivity contribution in [2.75, 3.05) is 13.6 Å². The van der Waals surface area contributed by atoms with E-state index in [0.717, 1.165) is 12.1 Å². The molecule has 150 valence electrons. The lowest BCUT2D eigenvalue weighted by Crippen LogP contribution is -2.32. The van der Waals surface area contributed by atoms with Gasteiger partial charge in [-0.2, -0.15) is 8.78 Å². The normalized spacial score (nSPS) is 10.6. The minimum Gasteiger partial charge on any atom is -0.435 e. The highest BCUT2D eigenvalue weighted by Crippen LogP contribution is 2.16. The molecule has 0 saturated carbocycles. The highest BCUT2D eigenvalue weighted by Gasteiger charge is 2.14. The first-order valence-electron chi connectivity index (χ1n) is 8.27. The number of rotatable bonds is 8. The van der Waals surface area contributed by atoms with E-state index in [-0.39, 0.29) is 36.7 Å². The Morgan fingerprint density at radius 2 is 1.79 bits per heavy atom. The second-order valence-corrected chi connectivity index (χ2v) is 5.90. The predicted molar refractivity (Wildman–Crippen MR) is 92.9 cm³/mol. The molecule has 5 nitrogen and oxygen atoms in total. The fourth-order valence-corrected chi connectivity index (χ4v) is 2.38. The molecule has 0 fully saturated rings. The van der Waals surface area contributed by atoms with Crippen LogP contribution in [0.2, 0.25) is 0 Å². The minimum absolute atomic E-state index is 0.0171. The number of carbonyl (C=O) groups is 2.